The van der Waals surface area contributed by atoms with Gasteiger partial charge in [-0.15, -0.1) is 5.10 Å². The highest BCUT2D eigenvalue weighted by atomic mass is 16.3. The first-order valence-electron chi connectivity index (χ1n) is 7.78. The average Bonchev–Trinajstić information content (AvgIpc) is 2.55. The lowest BCUT2D eigenvalue weighted by atomic mass is 9.86. The molecule has 24 heavy (non-hydrogen) atoms. The molecule has 0 amide bonds. The Bertz CT molecular complexity index is 892. The number of phenols is 1. The summed E-state index contributed by atoms with van der Waals surface area (Å²) in [5, 5.41) is 24.2. The number of nitrogens with zero attached hydrogens (tertiary/aromatic N) is 3. The largest absolute Gasteiger partial charge is 0.507 e. The highest BCUT2D eigenvalue weighted by Crippen LogP contribution is 2.26. The van der Waals surface area contributed by atoms with E-state index in [1.54, 1.807) is 18.5 Å². The van der Waals surface area contributed by atoms with Crippen molar-refractivity contribution in [3.8, 4) is 5.75 Å². The van der Waals surface area contributed by atoms with Crippen LogP contribution in [0.1, 0.15) is 31.9 Å². The smallest absolute Gasteiger partial charge is 0.176 e. The zero-order chi connectivity index (χ0) is 17.2. The number of aromatic hydroxyl groups is 1. The standard InChI is InChI=1S/C19H20N4O/c1-19(2,3)15-8-9-17(24)14(10-15)12-21-23-18-16-7-5-4-6-13(16)11-20-22-18/h4-12,24H,1-3H3,(H,22,23)/b21-12+. The van der Waals surface area contributed by atoms with Crippen LogP contribution < -0.4 is 5.43 Å². The van der Waals surface area contributed by atoms with Crippen molar-refractivity contribution < 1.29 is 5.11 Å². The maximum absolute atomic E-state index is 10.0. The predicted molar refractivity (Wildman–Crippen MR) is 97.6 cm³/mol. The molecule has 0 aliphatic carbocycles. The lowest BCUT2D eigenvalue weighted by Crippen LogP contribution is -2.11. The first-order chi connectivity index (χ1) is 11.4. The molecule has 1 aromatic heterocycles. The Morgan fingerprint density at radius 1 is 1.12 bits per heavy atom. The molecule has 0 aliphatic heterocycles. The number of aromatic nitrogens is 2. The Kier molecular flexibility index (Phi) is 4.16. The van der Waals surface area contributed by atoms with Crippen LogP contribution in [0.25, 0.3) is 10.8 Å². The zero-order valence-electron chi connectivity index (χ0n) is 14.0. The third-order valence-corrected chi connectivity index (χ3v) is 3.84. The Morgan fingerprint density at radius 2 is 1.92 bits per heavy atom. The molecule has 0 aliphatic rings. The molecule has 1 heterocycles. The molecule has 0 bridgehead atoms. The minimum atomic E-state index is 0.00479. The van der Waals surface area contributed by atoms with Crippen molar-refractivity contribution in [2.75, 3.05) is 5.43 Å². The number of rotatable bonds is 3. The summed E-state index contributed by atoms with van der Waals surface area (Å²) in [5.41, 5.74) is 4.70. The van der Waals surface area contributed by atoms with Gasteiger partial charge in [0, 0.05) is 16.3 Å². The van der Waals surface area contributed by atoms with Gasteiger partial charge in [0.25, 0.3) is 0 Å². The molecule has 0 atom stereocenters. The van der Waals surface area contributed by atoms with Crippen molar-refractivity contribution in [1.82, 2.24) is 10.2 Å². The van der Waals surface area contributed by atoms with Crippen LogP contribution >= 0.6 is 0 Å². The Balaban J connectivity index is 1.86. The number of nitrogens with one attached hydrogen (secondary N) is 1. The second kappa shape index (κ2) is 6.28. The zero-order valence-corrected chi connectivity index (χ0v) is 14.0. The van der Waals surface area contributed by atoms with Gasteiger partial charge < -0.3 is 5.11 Å². The highest BCUT2D eigenvalue weighted by Gasteiger charge is 2.14. The molecule has 3 aromatic rings. The van der Waals surface area contributed by atoms with E-state index in [4.69, 9.17) is 0 Å². The lowest BCUT2D eigenvalue weighted by molar-refractivity contribution is 0.473. The summed E-state index contributed by atoms with van der Waals surface area (Å²) >= 11 is 0. The summed E-state index contributed by atoms with van der Waals surface area (Å²) in [5.74, 6) is 0.772. The van der Waals surface area contributed by atoms with E-state index in [-0.39, 0.29) is 11.2 Å². The van der Waals surface area contributed by atoms with E-state index in [2.05, 4.69) is 41.5 Å². The van der Waals surface area contributed by atoms with Crippen LogP contribution in [-0.2, 0) is 5.41 Å². The van der Waals surface area contributed by atoms with Crippen LogP contribution in [0.2, 0.25) is 0 Å². The van der Waals surface area contributed by atoms with Crippen molar-refractivity contribution in [2.24, 2.45) is 5.10 Å². The first kappa shape index (κ1) is 15.9. The van der Waals surface area contributed by atoms with Crippen LogP contribution in [0.3, 0.4) is 0 Å². The fraction of sp³-hybridized carbons (Fsp3) is 0.211. The fourth-order valence-corrected chi connectivity index (χ4v) is 2.40. The number of fused-ring (bicyclic) bond motifs is 1. The van der Waals surface area contributed by atoms with Crippen LogP contribution in [0, 0.1) is 0 Å². The van der Waals surface area contributed by atoms with Gasteiger partial charge in [-0.1, -0.05) is 51.1 Å². The molecule has 0 saturated heterocycles. The molecular formula is C19H20N4O. The SMILES string of the molecule is CC(C)(C)c1ccc(O)c(/C=N/Nc2nncc3ccccc23)c1. The molecule has 2 aromatic carbocycles. The van der Waals surface area contributed by atoms with Crippen molar-refractivity contribution in [3.05, 3.63) is 59.8 Å². The Morgan fingerprint density at radius 3 is 2.71 bits per heavy atom. The fourth-order valence-electron chi connectivity index (χ4n) is 2.40. The molecule has 0 saturated carbocycles. The number of anilines is 1. The summed E-state index contributed by atoms with van der Waals surface area (Å²) in [4.78, 5) is 0. The second-order valence-corrected chi connectivity index (χ2v) is 6.67. The van der Waals surface area contributed by atoms with Gasteiger partial charge >= 0.3 is 0 Å². The van der Waals surface area contributed by atoms with Crippen molar-refractivity contribution in [2.45, 2.75) is 26.2 Å². The van der Waals surface area contributed by atoms with E-state index < -0.39 is 0 Å². The first-order valence-corrected chi connectivity index (χ1v) is 7.78. The van der Waals surface area contributed by atoms with Crippen molar-refractivity contribution >= 4 is 22.8 Å². The molecule has 0 spiro atoms. The Labute approximate surface area is 141 Å². The van der Waals surface area contributed by atoms with Crippen LogP contribution in [0.5, 0.6) is 5.75 Å². The molecule has 122 valence electrons. The van der Waals surface area contributed by atoms with E-state index in [1.807, 2.05) is 36.4 Å². The molecular weight excluding hydrogens is 300 g/mol. The third kappa shape index (κ3) is 3.35. The summed E-state index contributed by atoms with van der Waals surface area (Å²) < 4.78 is 0. The van der Waals surface area contributed by atoms with Gasteiger partial charge in [0.15, 0.2) is 5.82 Å². The summed E-state index contributed by atoms with van der Waals surface area (Å²) in [6.45, 7) is 6.39. The number of hydrazone groups is 1. The molecule has 0 fully saturated rings. The van der Waals surface area contributed by atoms with Gasteiger partial charge in [-0.05, 0) is 23.1 Å². The number of hydrogen-bond acceptors (Lipinski definition) is 5. The van der Waals surface area contributed by atoms with Gasteiger partial charge in [-0.25, -0.2) is 0 Å². The minimum absolute atomic E-state index is 0.00479. The molecule has 5 heteroatoms. The lowest BCUT2D eigenvalue weighted by Gasteiger charge is -2.19. The summed E-state index contributed by atoms with van der Waals surface area (Å²) in [7, 11) is 0. The monoisotopic (exact) mass is 320 g/mol. The highest BCUT2D eigenvalue weighted by molar-refractivity contribution is 5.91. The number of hydrogen-bond donors (Lipinski definition) is 2. The number of benzene rings is 2. The van der Waals surface area contributed by atoms with E-state index in [1.165, 1.54) is 0 Å². The normalized spacial score (nSPS) is 12.0. The molecule has 0 unspecified atom stereocenters. The molecule has 0 radical (unpaired) electrons. The third-order valence-electron chi connectivity index (χ3n) is 3.84. The Hall–Kier alpha value is -2.95. The van der Waals surface area contributed by atoms with Crippen LogP contribution in [0.4, 0.5) is 5.82 Å². The van der Waals surface area contributed by atoms with E-state index in [0.717, 1.165) is 16.3 Å². The van der Waals surface area contributed by atoms with Gasteiger partial charge in [0.2, 0.25) is 0 Å². The molecule has 5 nitrogen and oxygen atoms in total. The van der Waals surface area contributed by atoms with Crippen LogP contribution in [0.15, 0.2) is 53.8 Å². The van der Waals surface area contributed by atoms with Gasteiger partial charge in [-0.2, -0.15) is 10.2 Å². The topological polar surface area (TPSA) is 70.4 Å². The van der Waals surface area contributed by atoms with Crippen LogP contribution in [-0.4, -0.2) is 21.5 Å². The maximum atomic E-state index is 10.0. The second-order valence-electron chi connectivity index (χ2n) is 6.67. The summed E-state index contributed by atoms with van der Waals surface area (Å²) in [6, 6.07) is 13.4. The quantitative estimate of drug-likeness (QED) is 0.563. The molecule has 2 N–H and O–H groups in total. The van der Waals surface area contributed by atoms with Gasteiger partial charge in [0.1, 0.15) is 5.75 Å². The average molecular weight is 320 g/mol. The summed E-state index contributed by atoms with van der Waals surface area (Å²) in [6.07, 6.45) is 3.30. The minimum Gasteiger partial charge on any atom is -0.507 e. The van der Waals surface area contributed by atoms with Gasteiger partial charge in [0.05, 0.1) is 12.4 Å². The number of phenolic OH excluding ortho intramolecular Hbond substituents is 1. The van der Waals surface area contributed by atoms with E-state index in [0.29, 0.717) is 11.4 Å². The maximum Gasteiger partial charge on any atom is 0.176 e. The van der Waals surface area contributed by atoms with Crippen molar-refractivity contribution in [3.63, 3.8) is 0 Å². The molecule has 3 rings (SSSR count). The van der Waals surface area contributed by atoms with Crippen molar-refractivity contribution in [1.29, 1.82) is 0 Å². The van der Waals surface area contributed by atoms with E-state index in [9.17, 15) is 5.11 Å². The van der Waals surface area contributed by atoms with E-state index >= 15 is 0 Å². The predicted octanol–water partition coefficient (Wildman–Crippen LogP) is 4.08. The van der Waals surface area contributed by atoms with Gasteiger partial charge in [-0.3, -0.25) is 5.43 Å².